The minimum absolute atomic E-state index is 0.361. The smallest absolute Gasteiger partial charge is 0.122 e. The summed E-state index contributed by atoms with van der Waals surface area (Å²) in [6.45, 7) is 12.6. The zero-order valence-electron chi connectivity index (χ0n) is 13.9. The van der Waals surface area contributed by atoms with Crippen LogP contribution < -0.4 is 4.74 Å². The van der Waals surface area contributed by atoms with E-state index in [0.717, 1.165) is 38.4 Å². The van der Waals surface area contributed by atoms with Crippen LogP contribution in [0.3, 0.4) is 0 Å². The molecule has 21 heavy (non-hydrogen) atoms. The lowest BCUT2D eigenvalue weighted by molar-refractivity contribution is -0.0682. The summed E-state index contributed by atoms with van der Waals surface area (Å²) in [6.07, 6.45) is 3.01. The highest BCUT2D eigenvalue weighted by Gasteiger charge is 2.21. The van der Waals surface area contributed by atoms with E-state index in [2.05, 4.69) is 50.8 Å². The van der Waals surface area contributed by atoms with Crippen molar-refractivity contribution in [3.63, 3.8) is 0 Å². The second-order valence-electron chi connectivity index (χ2n) is 6.34. The number of unbranched alkanes of at least 4 members (excludes halogenated alkanes) is 1. The predicted octanol–water partition coefficient (Wildman–Crippen LogP) is 3.57. The van der Waals surface area contributed by atoms with Gasteiger partial charge < -0.3 is 9.47 Å². The molecule has 0 aliphatic carbocycles. The Kier molecular flexibility index (Phi) is 6.07. The Hall–Kier alpha value is -1.06. The van der Waals surface area contributed by atoms with Gasteiger partial charge in [-0.25, -0.2) is 0 Å². The quantitative estimate of drug-likeness (QED) is 0.748. The van der Waals surface area contributed by atoms with Gasteiger partial charge in [-0.05, 0) is 58.7 Å². The minimum Gasteiger partial charge on any atom is -0.493 e. The molecule has 1 aromatic rings. The molecule has 0 saturated carbocycles. The molecule has 2 rings (SSSR count). The molecule has 1 aliphatic rings. The van der Waals surface area contributed by atoms with E-state index in [4.69, 9.17) is 9.47 Å². The molecule has 118 valence electrons. The lowest BCUT2D eigenvalue weighted by atomic mass is 10.1. The van der Waals surface area contributed by atoms with Crippen molar-refractivity contribution < 1.29 is 9.47 Å². The zero-order chi connectivity index (χ0) is 15.2. The van der Waals surface area contributed by atoms with E-state index in [1.165, 1.54) is 17.5 Å². The number of aryl methyl sites for hydroxylation is 2. The highest BCUT2D eigenvalue weighted by molar-refractivity contribution is 5.35. The fourth-order valence-corrected chi connectivity index (χ4v) is 3.05. The normalized spacial score (nSPS) is 23.2. The van der Waals surface area contributed by atoms with Gasteiger partial charge in [0.15, 0.2) is 0 Å². The minimum atomic E-state index is 0.361. The number of rotatable bonds is 6. The number of ether oxygens (including phenoxy) is 2. The fraction of sp³-hybridized carbons (Fsp3) is 0.667. The molecule has 3 heteroatoms. The van der Waals surface area contributed by atoms with Gasteiger partial charge >= 0.3 is 0 Å². The molecule has 2 unspecified atom stereocenters. The summed E-state index contributed by atoms with van der Waals surface area (Å²) in [5.41, 5.74) is 2.52. The van der Waals surface area contributed by atoms with Gasteiger partial charge in [-0.3, -0.25) is 4.90 Å². The first-order valence-corrected chi connectivity index (χ1v) is 8.12. The summed E-state index contributed by atoms with van der Waals surface area (Å²) >= 11 is 0. The first kappa shape index (κ1) is 16.3. The van der Waals surface area contributed by atoms with E-state index in [9.17, 15) is 0 Å². The summed E-state index contributed by atoms with van der Waals surface area (Å²) in [6, 6.07) is 6.36. The third-order valence-electron chi connectivity index (χ3n) is 3.95. The molecule has 1 heterocycles. The van der Waals surface area contributed by atoms with Crippen LogP contribution in [-0.2, 0) is 4.74 Å². The van der Waals surface area contributed by atoms with Gasteiger partial charge in [-0.1, -0.05) is 17.7 Å². The van der Waals surface area contributed by atoms with Crippen molar-refractivity contribution in [3.05, 3.63) is 29.3 Å². The fourth-order valence-electron chi connectivity index (χ4n) is 3.05. The molecule has 0 amide bonds. The van der Waals surface area contributed by atoms with Crippen LogP contribution in [0, 0.1) is 13.8 Å². The Balaban J connectivity index is 1.63. The first-order valence-electron chi connectivity index (χ1n) is 8.12. The van der Waals surface area contributed by atoms with E-state index < -0.39 is 0 Å². The van der Waals surface area contributed by atoms with Crippen LogP contribution in [0.1, 0.15) is 37.8 Å². The van der Waals surface area contributed by atoms with Crippen LogP contribution in [0.15, 0.2) is 18.2 Å². The Morgan fingerprint density at radius 3 is 2.52 bits per heavy atom. The van der Waals surface area contributed by atoms with Crippen LogP contribution in [-0.4, -0.2) is 43.3 Å². The summed E-state index contributed by atoms with van der Waals surface area (Å²) in [5, 5.41) is 0. The predicted molar refractivity (Wildman–Crippen MR) is 87.1 cm³/mol. The van der Waals surface area contributed by atoms with Crippen LogP contribution >= 0.6 is 0 Å². The maximum absolute atomic E-state index is 5.88. The third kappa shape index (κ3) is 5.33. The molecular formula is C18H29NO2. The van der Waals surface area contributed by atoms with Gasteiger partial charge in [0.05, 0.1) is 18.8 Å². The van der Waals surface area contributed by atoms with Crippen LogP contribution in [0.2, 0.25) is 0 Å². The van der Waals surface area contributed by atoms with Gasteiger partial charge in [0, 0.05) is 13.1 Å². The number of hydrogen-bond donors (Lipinski definition) is 0. The van der Waals surface area contributed by atoms with Gasteiger partial charge in [-0.15, -0.1) is 0 Å². The number of hydrogen-bond acceptors (Lipinski definition) is 3. The molecule has 0 radical (unpaired) electrons. The molecule has 1 saturated heterocycles. The first-order chi connectivity index (χ1) is 10.0. The lowest BCUT2D eigenvalue weighted by Gasteiger charge is -2.35. The van der Waals surface area contributed by atoms with Gasteiger partial charge in [0.25, 0.3) is 0 Å². The van der Waals surface area contributed by atoms with Crippen molar-refractivity contribution in [3.8, 4) is 5.75 Å². The van der Waals surface area contributed by atoms with Crippen molar-refractivity contribution in [1.29, 1.82) is 0 Å². The van der Waals surface area contributed by atoms with Crippen molar-refractivity contribution in [2.24, 2.45) is 0 Å². The molecular weight excluding hydrogens is 262 g/mol. The van der Waals surface area contributed by atoms with Crippen molar-refractivity contribution in [2.45, 2.75) is 52.7 Å². The van der Waals surface area contributed by atoms with Crippen LogP contribution in [0.4, 0.5) is 0 Å². The number of nitrogens with zero attached hydrogens (tertiary/aromatic N) is 1. The summed E-state index contributed by atoms with van der Waals surface area (Å²) < 4.78 is 11.6. The van der Waals surface area contributed by atoms with E-state index in [1.807, 2.05) is 0 Å². The Morgan fingerprint density at radius 2 is 1.86 bits per heavy atom. The largest absolute Gasteiger partial charge is 0.493 e. The SMILES string of the molecule is Cc1ccc(OCCCCN2CC(C)OC(C)C2)c(C)c1. The molecule has 1 aliphatic heterocycles. The molecule has 0 aromatic heterocycles. The highest BCUT2D eigenvalue weighted by Crippen LogP contribution is 2.19. The van der Waals surface area contributed by atoms with Crippen molar-refractivity contribution in [1.82, 2.24) is 4.90 Å². The maximum atomic E-state index is 5.88. The summed E-state index contributed by atoms with van der Waals surface area (Å²) in [5.74, 6) is 1.02. The van der Waals surface area contributed by atoms with E-state index in [0.29, 0.717) is 12.2 Å². The van der Waals surface area contributed by atoms with Gasteiger partial charge in [-0.2, -0.15) is 0 Å². The average Bonchev–Trinajstić information content (AvgIpc) is 2.39. The average molecular weight is 291 g/mol. The van der Waals surface area contributed by atoms with Crippen molar-refractivity contribution in [2.75, 3.05) is 26.2 Å². The highest BCUT2D eigenvalue weighted by atomic mass is 16.5. The van der Waals surface area contributed by atoms with E-state index >= 15 is 0 Å². The van der Waals surface area contributed by atoms with Crippen molar-refractivity contribution >= 4 is 0 Å². The van der Waals surface area contributed by atoms with E-state index in [-0.39, 0.29) is 0 Å². The number of morpholine rings is 1. The Labute approximate surface area is 129 Å². The molecule has 2 atom stereocenters. The van der Waals surface area contributed by atoms with Gasteiger partial charge in [0.1, 0.15) is 5.75 Å². The molecule has 3 nitrogen and oxygen atoms in total. The molecule has 0 bridgehead atoms. The summed E-state index contributed by atoms with van der Waals surface area (Å²) in [7, 11) is 0. The topological polar surface area (TPSA) is 21.7 Å². The molecule has 0 spiro atoms. The number of benzene rings is 1. The van der Waals surface area contributed by atoms with Gasteiger partial charge in [0.2, 0.25) is 0 Å². The monoisotopic (exact) mass is 291 g/mol. The maximum Gasteiger partial charge on any atom is 0.122 e. The Bertz CT molecular complexity index is 437. The van der Waals surface area contributed by atoms with Crippen LogP contribution in [0.5, 0.6) is 5.75 Å². The second kappa shape index (κ2) is 7.81. The van der Waals surface area contributed by atoms with Crippen LogP contribution in [0.25, 0.3) is 0 Å². The molecule has 0 N–H and O–H groups in total. The summed E-state index contributed by atoms with van der Waals surface area (Å²) in [4.78, 5) is 2.51. The Morgan fingerprint density at radius 1 is 1.14 bits per heavy atom. The van der Waals surface area contributed by atoms with E-state index in [1.54, 1.807) is 0 Å². The second-order valence-corrected chi connectivity index (χ2v) is 6.34. The molecule has 1 aromatic carbocycles. The standard InChI is InChI=1S/C18H29NO2/c1-14-7-8-18(15(2)11-14)20-10-6-5-9-19-12-16(3)21-17(4)13-19/h7-8,11,16-17H,5-6,9-10,12-13H2,1-4H3. The lowest BCUT2D eigenvalue weighted by Crippen LogP contribution is -2.45. The third-order valence-corrected chi connectivity index (χ3v) is 3.95. The molecule has 1 fully saturated rings. The zero-order valence-corrected chi connectivity index (χ0v) is 13.9.